The zero-order chi connectivity index (χ0) is 20.9. The van der Waals surface area contributed by atoms with Crippen molar-refractivity contribution in [3.8, 4) is 11.5 Å². The van der Waals surface area contributed by atoms with Crippen LogP contribution in [-0.4, -0.2) is 42.1 Å². The van der Waals surface area contributed by atoms with Gasteiger partial charge in [0.25, 0.3) is 0 Å². The van der Waals surface area contributed by atoms with Crippen LogP contribution >= 0.6 is 24.0 Å². The highest BCUT2D eigenvalue weighted by atomic mass is 127. The summed E-state index contributed by atoms with van der Waals surface area (Å²) in [6.07, 6.45) is 4.14. The number of benzene rings is 1. The molecule has 0 bridgehead atoms. The molecule has 4 rings (SSSR count). The molecule has 0 spiro atoms. The first-order chi connectivity index (χ1) is 14.6. The van der Waals surface area contributed by atoms with Gasteiger partial charge in [-0.2, -0.15) is 0 Å². The Morgan fingerprint density at radius 1 is 1.29 bits per heavy atom. The van der Waals surface area contributed by atoms with Gasteiger partial charge in [-0.3, -0.25) is 4.99 Å². The Balaban J connectivity index is 0.00000272. The maximum Gasteiger partial charge on any atom is 0.226 e. The molecule has 0 amide bonds. The lowest BCUT2D eigenvalue weighted by Gasteiger charge is -2.19. The first kappa shape index (κ1) is 23.0. The Kier molecular flexibility index (Phi) is 7.83. The fraction of sp³-hybridized carbons (Fsp3) is 0.318. The number of hydrogen-bond donors (Lipinski definition) is 2. The molecule has 1 aliphatic rings. The molecule has 1 saturated heterocycles. The summed E-state index contributed by atoms with van der Waals surface area (Å²) < 4.78 is 19.6. The van der Waals surface area contributed by atoms with Gasteiger partial charge in [0.2, 0.25) is 5.89 Å². The van der Waals surface area contributed by atoms with E-state index in [9.17, 15) is 4.39 Å². The van der Waals surface area contributed by atoms with Crippen molar-refractivity contribution in [2.75, 3.05) is 25.0 Å². The van der Waals surface area contributed by atoms with Crippen LogP contribution in [0.3, 0.4) is 0 Å². The average Bonchev–Trinajstić information content (AvgIpc) is 3.42. The van der Waals surface area contributed by atoms with Crippen molar-refractivity contribution in [2.45, 2.75) is 25.9 Å². The van der Waals surface area contributed by atoms with Gasteiger partial charge in [0.15, 0.2) is 17.6 Å². The normalized spacial score (nSPS) is 16.2. The highest BCUT2D eigenvalue weighted by Gasteiger charge is 2.26. The van der Waals surface area contributed by atoms with Crippen LogP contribution in [0.2, 0.25) is 0 Å². The molecule has 1 unspecified atom stereocenters. The van der Waals surface area contributed by atoms with Gasteiger partial charge in [-0.05, 0) is 37.6 Å². The minimum absolute atomic E-state index is 0. The molecule has 31 heavy (non-hydrogen) atoms. The van der Waals surface area contributed by atoms with Crippen molar-refractivity contribution < 1.29 is 8.81 Å². The molecule has 1 fully saturated rings. The molecular weight excluding hydrogens is 510 g/mol. The predicted octanol–water partition coefficient (Wildman–Crippen LogP) is 3.75. The summed E-state index contributed by atoms with van der Waals surface area (Å²) in [6, 6.07) is 11.2. The average molecular weight is 536 g/mol. The Hall–Kier alpha value is -2.69. The molecule has 2 aromatic heterocycles. The van der Waals surface area contributed by atoms with E-state index >= 15 is 0 Å². The van der Waals surface area contributed by atoms with E-state index in [0.29, 0.717) is 30.8 Å². The summed E-state index contributed by atoms with van der Waals surface area (Å²) in [5.74, 6) is 1.37. The van der Waals surface area contributed by atoms with E-state index < -0.39 is 0 Å². The third-order valence-corrected chi connectivity index (χ3v) is 5.08. The number of aliphatic imine (C=N–C) groups is 1. The lowest BCUT2D eigenvalue weighted by atomic mass is 10.1. The highest BCUT2D eigenvalue weighted by Crippen LogP contribution is 2.21. The van der Waals surface area contributed by atoms with Crippen molar-refractivity contribution in [3.05, 3.63) is 65.9 Å². The van der Waals surface area contributed by atoms with Crippen LogP contribution in [0.5, 0.6) is 0 Å². The topological polar surface area (TPSA) is 78.6 Å². The Labute approximate surface area is 198 Å². The van der Waals surface area contributed by atoms with Crippen LogP contribution in [0.25, 0.3) is 11.5 Å². The van der Waals surface area contributed by atoms with Crippen LogP contribution in [0, 0.1) is 12.7 Å². The largest absolute Gasteiger partial charge is 0.444 e. The summed E-state index contributed by atoms with van der Waals surface area (Å²) in [5, 5.41) is 6.65. The van der Waals surface area contributed by atoms with Crippen molar-refractivity contribution in [1.82, 2.24) is 20.6 Å². The highest BCUT2D eigenvalue weighted by molar-refractivity contribution is 14.0. The molecular formula is C22H26FIN6O. The third-order valence-electron chi connectivity index (χ3n) is 5.08. The third kappa shape index (κ3) is 5.72. The monoisotopic (exact) mass is 536 g/mol. The number of pyridine rings is 1. The second-order valence-electron chi connectivity index (χ2n) is 7.32. The van der Waals surface area contributed by atoms with E-state index in [4.69, 9.17) is 4.42 Å². The van der Waals surface area contributed by atoms with Crippen LogP contribution < -0.4 is 15.5 Å². The fourth-order valence-electron chi connectivity index (χ4n) is 3.46. The molecule has 1 aliphatic heterocycles. The first-order valence-electron chi connectivity index (χ1n) is 9.96. The minimum atomic E-state index is -0.295. The Morgan fingerprint density at radius 2 is 2.10 bits per heavy atom. The number of nitrogens with zero attached hydrogens (tertiary/aromatic N) is 4. The molecule has 0 radical (unpaired) electrons. The first-order valence-corrected chi connectivity index (χ1v) is 9.96. The van der Waals surface area contributed by atoms with Crippen molar-refractivity contribution in [1.29, 1.82) is 0 Å². The summed E-state index contributed by atoms with van der Waals surface area (Å²) >= 11 is 0. The minimum Gasteiger partial charge on any atom is -0.444 e. The molecule has 0 aliphatic carbocycles. The molecule has 1 aromatic carbocycles. The molecule has 0 saturated carbocycles. The van der Waals surface area contributed by atoms with Gasteiger partial charge in [0, 0.05) is 37.9 Å². The molecule has 9 heteroatoms. The SMILES string of the molecule is CN=C(NCc1coc(-c2ccc(C)cc2)n1)NC1CCN(c2ncccc2F)C1.I. The van der Waals surface area contributed by atoms with Crippen LogP contribution in [-0.2, 0) is 6.54 Å². The number of rotatable bonds is 5. The van der Waals surface area contributed by atoms with Gasteiger partial charge in [-0.1, -0.05) is 17.7 Å². The number of aryl methyl sites for hydroxylation is 1. The van der Waals surface area contributed by atoms with E-state index in [-0.39, 0.29) is 35.8 Å². The number of anilines is 1. The number of oxazole rings is 1. The molecule has 1 atom stereocenters. The maximum absolute atomic E-state index is 14.0. The maximum atomic E-state index is 14.0. The Morgan fingerprint density at radius 3 is 2.84 bits per heavy atom. The van der Waals surface area contributed by atoms with Crippen molar-refractivity contribution in [3.63, 3.8) is 0 Å². The molecule has 2 N–H and O–H groups in total. The summed E-state index contributed by atoms with van der Waals surface area (Å²) in [4.78, 5) is 14.9. The van der Waals surface area contributed by atoms with E-state index in [1.165, 1.54) is 11.6 Å². The molecule has 7 nitrogen and oxygen atoms in total. The second-order valence-corrected chi connectivity index (χ2v) is 7.32. The lowest BCUT2D eigenvalue weighted by molar-refractivity contribution is 0.572. The quantitative estimate of drug-likeness (QED) is 0.294. The van der Waals surface area contributed by atoms with E-state index in [1.807, 2.05) is 36.1 Å². The van der Waals surface area contributed by atoms with Gasteiger partial charge in [-0.25, -0.2) is 14.4 Å². The zero-order valence-corrected chi connectivity index (χ0v) is 19.8. The number of guanidine groups is 1. The van der Waals surface area contributed by atoms with E-state index in [2.05, 4.69) is 25.6 Å². The fourth-order valence-corrected chi connectivity index (χ4v) is 3.46. The molecule has 164 valence electrons. The molecule has 3 aromatic rings. The van der Waals surface area contributed by atoms with Crippen LogP contribution in [0.15, 0.2) is 58.3 Å². The zero-order valence-electron chi connectivity index (χ0n) is 17.5. The summed E-state index contributed by atoms with van der Waals surface area (Å²) in [7, 11) is 1.72. The van der Waals surface area contributed by atoms with Crippen LogP contribution in [0.4, 0.5) is 10.2 Å². The van der Waals surface area contributed by atoms with Gasteiger partial charge < -0.3 is 20.0 Å². The predicted molar refractivity (Wildman–Crippen MR) is 130 cm³/mol. The molecule has 3 heterocycles. The smallest absolute Gasteiger partial charge is 0.226 e. The summed E-state index contributed by atoms with van der Waals surface area (Å²) in [5.41, 5.74) is 2.93. The van der Waals surface area contributed by atoms with Crippen molar-refractivity contribution in [2.24, 2.45) is 4.99 Å². The number of hydrogen-bond acceptors (Lipinski definition) is 5. The van der Waals surface area contributed by atoms with Gasteiger partial charge in [0.05, 0.1) is 12.2 Å². The van der Waals surface area contributed by atoms with Gasteiger partial charge >= 0.3 is 0 Å². The Bertz CT molecular complexity index is 1020. The standard InChI is InChI=1S/C22H25FN6O.HI/c1-15-5-7-16(8-6-15)21-27-18(14-30-21)12-26-22(24-2)28-17-9-11-29(13-17)20-19(23)4-3-10-25-20;/h3-8,10,14,17H,9,11-13H2,1-2H3,(H2,24,26,28);1H. The van der Waals surface area contributed by atoms with E-state index in [1.54, 1.807) is 25.6 Å². The number of aromatic nitrogens is 2. The second kappa shape index (κ2) is 10.6. The van der Waals surface area contributed by atoms with Gasteiger partial charge in [0.1, 0.15) is 6.26 Å². The number of halogens is 2. The number of nitrogens with one attached hydrogen (secondary N) is 2. The van der Waals surface area contributed by atoms with E-state index in [0.717, 1.165) is 24.2 Å². The van der Waals surface area contributed by atoms with Crippen molar-refractivity contribution >= 4 is 35.8 Å². The van der Waals surface area contributed by atoms with Crippen LogP contribution in [0.1, 0.15) is 17.7 Å². The lowest BCUT2D eigenvalue weighted by Crippen LogP contribution is -2.44. The summed E-state index contributed by atoms with van der Waals surface area (Å²) in [6.45, 7) is 3.94. The van der Waals surface area contributed by atoms with Gasteiger partial charge in [-0.15, -0.1) is 24.0 Å².